The lowest BCUT2D eigenvalue weighted by Gasteiger charge is -2.32. The molecule has 0 unspecified atom stereocenters. The summed E-state index contributed by atoms with van der Waals surface area (Å²) in [5.74, 6) is 0.697. The van der Waals surface area contributed by atoms with Crippen molar-refractivity contribution in [2.24, 2.45) is 12.2 Å². The van der Waals surface area contributed by atoms with E-state index in [0.717, 1.165) is 48.3 Å². The maximum atomic E-state index is 12.9. The summed E-state index contributed by atoms with van der Waals surface area (Å²) >= 11 is 0. The van der Waals surface area contributed by atoms with Gasteiger partial charge in [-0.25, -0.2) is 0 Å². The molecule has 1 atom stereocenters. The molecule has 0 bridgehead atoms. The van der Waals surface area contributed by atoms with Crippen LogP contribution >= 0.6 is 0 Å². The van der Waals surface area contributed by atoms with Crippen molar-refractivity contribution in [2.75, 3.05) is 7.11 Å². The summed E-state index contributed by atoms with van der Waals surface area (Å²) in [5, 5.41) is 11.5. The summed E-state index contributed by atoms with van der Waals surface area (Å²) in [6.07, 6.45) is 7.50. The van der Waals surface area contributed by atoms with Crippen LogP contribution in [0.4, 0.5) is 0 Å². The summed E-state index contributed by atoms with van der Waals surface area (Å²) in [6.45, 7) is 0. The van der Waals surface area contributed by atoms with Crippen LogP contribution in [0.3, 0.4) is 0 Å². The molecular weight excluding hydrogens is 344 g/mol. The number of nitrogens with zero attached hydrogens (tertiary/aromatic N) is 3. The fraction of sp³-hybridized carbons (Fsp3) is 0.450. The van der Waals surface area contributed by atoms with Crippen LogP contribution in [-0.4, -0.2) is 34.6 Å². The number of rotatable bonds is 5. The highest BCUT2D eigenvalue weighted by Gasteiger charge is 2.40. The van der Waals surface area contributed by atoms with E-state index in [-0.39, 0.29) is 11.4 Å². The van der Waals surface area contributed by atoms with Crippen LogP contribution < -0.4 is 10.1 Å². The smallest absolute Gasteiger partial charge is 0.265 e. The highest BCUT2D eigenvalue weighted by molar-refractivity contribution is 6.03. The van der Waals surface area contributed by atoms with Crippen molar-refractivity contribution in [1.82, 2.24) is 15.1 Å². The van der Waals surface area contributed by atoms with E-state index < -0.39 is 6.10 Å². The van der Waals surface area contributed by atoms with Gasteiger partial charge in [-0.05, 0) is 30.5 Å². The van der Waals surface area contributed by atoms with E-state index in [9.17, 15) is 4.79 Å². The van der Waals surface area contributed by atoms with Crippen LogP contribution in [-0.2, 0) is 22.2 Å². The molecule has 0 spiro atoms. The molecular formula is C20H24N4O3. The van der Waals surface area contributed by atoms with Gasteiger partial charge >= 0.3 is 0 Å². The van der Waals surface area contributed by atoms with E-state index in [2.05, 4.69) is 15.6 Å². The lowest BCUT2D eigenvalue weighted by atomic mass is 9.87. The predicted octanol–water partition coefficient (Wildman–Crippen LogP) is 2.51. The monoisotopic (exact) mass is 368 g/mol. The molecule has 2 heterocycles. The van der Waals surface area contributed by atoms with Gasteiger partial charge in [0, 0.05) is 25.2 Å². The Kier molecular flexibility index (Phi) is 4.59. The quantitative estimate of drug-likeness (QED) is 0.880. The number of hydrogen-bond acceptors (Lipinski definition) is 5. The average molecular weight is 368 g/mol. The van der Waals surface area contributed by atoms with E-state index in [1.807, 2.05) is 37.5 Å². The van der Waals surface area contributed by atoms with Crippen molar-refractivity contribution in [3.05, 3.63) is 47.8 Å². The van der Waals surface area contributed by atoms with Gasteiger partial charge in [0.15, 0.2) is 0 Å². The fourth-order valence-electron chi connectivity index (χ4n) is 3.95. The topological polar surface area (TPSA) is 77.7 Å². The molecule has 1 aromatic heterocycles. The number of carbonyl (C=O) groups excluding carboxylic acids is 1. The van der Waals surface area contributed by atoms with Crippen molar-refractivity contribution in [1.29, 1.82) is 0 Å². The van der Waals surface area contributed by atoms with Gasteiger partial charge < -0.3 is 14.9 Å². The van der Waals surface area contributed by atoms with Gasteiger partial charge in [-0.3, -0.25) is 9.48 Å². The second-order valence-corrected chi connectivity index (χ2v) is 7.25. The summed E-state index contributed by atoms with van der Waals surface area (Å²) in [7, 11) is 3.50. The van der Waals surface area contributed by atoms with Gasteiger partial charge in [-0.1, -0.05) is 30.1 Å². The zero-order chi connectivity index (χ0) is 18.9. The molecule has 1 fully saturated rings. The van der Waals surface area contributed by atoms with Crippen molar-refractivity contribution in [2.45, 2.75) is 43.7 Å². The molecule has 142 valence electrons. The van der Waals surface area contributed by atoms with Crippen LogP contribution in [0.2, 0.25) is 0 Å². The summed E-state index contributed by atoms with van der Waals surface area (Å²) in [5.41, 5.74) is 2.41. The normalized spacial score (nSPS) is 20.8. The third kappa shape index (κ3) is 3.41. The number of carbonyl (C=O) groups is 1. The van der Waals surface area contributed by atoms with E-state index in [4.69, 9.17) is 9.57 Å². The number of amides is 1. The molecule has 7 heteroatoms. The Labute approximate surface area is 158 Å². The number of hydrogen-bond donors (Lipinski definition) is 1. The first-order valence-corrected chi connectivity index (χ1v) is 9.28. The Bertz CT molecular complexity index is 850. The van der Waals surface area contributed by atoms with Crippen LogP contribution in [0.1, 0.15) is 43.2 Å². The van der Waals surface area contributed by atoms with E-state index in [1.54, 1.807) is 18.0 Å². The second-order valence-electron chi connectivity index (χ2n) is 7.25. The van der Waals surface area contributed by atoms with Gasteiger partial charge in [0.2, 0.25) is 6.10 Å². The van der Waals surface area contributed by atoms with E-state index >= 15 is 0 Å². The van der Waals surface area contributed by atoms with E-state index in [1.165, 1.54) is 0 Å². The Morgan fingerprint density at radius 2 is 2.04 bits per heavy atom. The standard InChI is InChI=1S/C20H24N4O3/c1-24-13-14(12-21-24)17-11-18(27-23-17)19(25)22-20(9-3-4-10-20)15-5-7-16(26-2)8-6-15/h5-8,12-13,18H,3-4,9-11H2,1-2H3,(H,22,25)/t18-/m0/s1. The number of aryl methyl sites for hydroxylation is 1. The molecule has 0 radical (unpaired) electrons. The highest BCUT2D eigenvalue weighted by atomic mass is 16.6. The first-order valence-electron chi connectivity index (χ1n) is 9.28. The first kappa shape index (κ1) is 17.6. The van der Waals surface area contributed by atoms with Gasteiger partial charge in [0.05, 0.1) is 24.6 Å². The Hall–Kier alpha value is -2.83. The van der Waals surface area contributed by atoms with Crippen molar-refractivity contribution >= 4 is 11.6 Å². The second kappa shape index (κ2) is 7.06. The number of ether oxygens (including phenoxy) is 1. The lowest BCUT2D eigenvalue weighted by molar-refractivity contribution is -0.133. The molecule has 1 aliphatic heterocycles. The summed E-state index contributed by atoms with van der Waals surface area (Å²) < 4.78 is 6.96. The molecule has 4 rings (SSSR count). The minimum atomic E-state index is -0.601. The summed E-state index contributed by atoms with van der Waals surface area (Å²) in [6, 6.07) is 7.96. The zero-order valence-corrected chi connectivity index (χ0v) is 15.6. The molecule has 1 saturated carbocycles. The van der Waals surface area contributed by atoms with Gasteiger partial charge in [0.25, 0.3) is 5.91 Å². The molecule has 2 aromatic rings. The van der Waals surface area contributed by atoms with Crippen LogP contribution in [0, 0.1) is 0 Å². The predicted molar refractivity (Wildman–Crippen MR) is 101 cm³/mol. The lowest BCUT2D eigenvalue weighted by Crippen LogP contribution is -2.48. The van der Waals surface area contributed by atoms with E-state index in [0.29, 0.717) is 6.42 Å². The first-order chi connectivity index (χ1) is 13.1. The van der Waals surface area contributed by atoms with Gasteiger partial charge in [-0.2, -0.15) is 5.10 Å². The maximum absolute atomic E-state index is 12.9. The molecule has 1 N–H and O–H groups in total. The third-order valence-corrected chi connectivity index (χ3v) is 5.46. The molecule has 1 aromatic carbocycles. The van der Waals surface area contributed by atoms with Crippen molar-refractivity contribution < 1.29 is 14.4 Å². The number of oxime groups is 1. The SMILES string of the molecule is COc1ccc(C2(NC(=O)[C@@H]3CC(c4cnn(C)c4)=NO3)CCCC2)cc1. The highest BCUT2D eigenvalue weighted by Crippen LogP contribution is 2.39. The number of aromatic nitrogens is 2. The number of nitrogens with one attached hydrogen (secondary N) is 1. The Balaban J connectivity index is 1.47. The van der Waals surface area contributed by atoms with Crippen LogP contribution in [0.25, 0.3) is 0 Å². The van der Waals surface area contributed by atoms with Gasteiger partial charge in [-0.15, -0.1) is 0 Å². The Morgan fingerprint density at radius 1 is 1.30 bits per heavy atom. The van der Waals surface area contributed by atoms with Gasteiger partial charge in [0.1, 0.15) is 5.75 Å². The molecule has 7 nitrogen and oxygen atoms in total. The zero-order valence-electron chi connectivity index (χ0n) is 15.6. The number of methoxy groups -OCH3 is 1. The Morgan fingerprint density at radius 3 is 2.67 bits per heavy atom. The third-order valence-electron chi connectivity index (χ3n) is 5.46. The van der Waals surface area contributed by atoms with Crippen molar-refractivity contribution in [3.8, 4) is 5.75 Å². The number of benzene rings is 1. The molecule has 1 amide bonds. The molecule has 27 heavy (non-hydrogen) atoms. The minimum Gasteiger partial charge on any atom is -0.497 e. The van der Waals surface area contributed by atoms with Crippen LogP contribution in [0.5, 0.6) is 5.75 Å². The largest absolute Gasteiger partial charge is 0.497 e. The molecule has 2 aliphatic rings. The van der Waals surface area contributed by atoms with Crippen LogP contribution in [0.15, 0.2) is 41.8 Å². The average Bonchev–Trinajstić information content (AvgIpc) is 3.42. The molecule has 0 saturated heterocycles. The molecule has 1 aliphatic carbocycles. The van der Waals surface area contributed by atoms with Crippen molar-refractivity contribution in [3.63, 3.8) is 0 Å². The minimum absolute atomic E-state index is 0.115. The fourth-order valence-corrected chi connectivity index (χ4v) is 3.95. The summed E-state index contributed by atoms with van der Waals surface area (Å²) in [4.78, 5) is 18.4. The maximum Gasteiger partial charge on any atom is 0.265 e.